The number of aromatic nitrogens is 1. The first-order chi connectivity index (χ1) is 13.2. The van der Waals surface area contributed by atoms with Gasteiger partial charge in [0.15, 0.2) is 0 Å². The molecule has 3 heterocycles. The van der Waals surface area contributed by atoms with Crippen molar-refractivity contribution < 1.29 is 18.7 Å². The molecule has 0 radical (unpaired) electrons. The molecule has 0 spiro atoms. The molecule has 27 heavy (non-hydrogen) atoms. The second-order valence-corrected chi connectivity index (χ2v) is 7.23. The van der Waals surface area contributed by atoms with E-state index in [0.29, 0.717) is 24.5 Å². The predicted octanol–water partition coefficient (Wildman–Crippen LogP) is 3.50. The summed E-state index contributed by atoms with van der Waals surface area (Å²) >= 11 is 1.51. The first-order valence-electron chi connectivity index (χ1n) is 8.65. The predicted molar refractivity (Wildman–Crippen MR) is 99.6 cm³/mol. The lowest BCUT2D eigenvalue weighted by atomic mass is 10.1. The van der Waals surface area contributed by atoms with Crippen molar-refractivity contribution in [2.75, 3.05) is 6.54 Å². The highest BCUT2D eigenvalue weighted by atomic mass is 32.1. The first kappa shape index (κ1) is 17.5. The van der Waals surface area contributed by atoms with Gasteiger partial charge in [-0.1, -0.05) is 30.3 Å². The molecule has 1 amide bonds. The summed E-state index contributed by atoms with van der Waals surface area (Å²) in [6.07, 6.45) is 1.74. The van der Waals surface area contributed by atoms with E-state index in [1.165, 1.54) is 11.3 Å². The van der Waals surface area contributed by atoms with Gasteiger partial charge in [0.05, 0.1) is 24.4 Å². The number of benzene rings is 1. The van der Waals surface area contributed by atoms with E-state index in [1.54, 1.807) is 17.2 Å². The third-order valence-electron chi connectivity index (χ3n) is 4.41. The maximum atomic E-state index is 12.3. The van der Waals surface area contributed by atoms with Crippen LogP contribution in [0.3, 0.4) is 0 Å². The lowest BCUT2D eigenvalue weighted by molar-refractivity contribution is -0.149. The molecule has 7 heteroatoms. The fourth-order valence-electron chi connectivity index (χ4n) is 3.02. The van der Waals surface area contributed by atoms with Crippen LogP contribution in [-0.4, -0.2) is 28.3 Å². The zero-order chi connectivity index (χ0) is 18.6. The van der Waals surface area contributed by atoms with Crippen LogP contribution in [0.2, 0.25) is 0 Å². The number of likely N-dealkylation sites (tertiary alicyclic amines) is 1. The van der Waals surface area contributed by atoms with Gasteiger partial charge in [-0.15, -0.1) is 11.3 Å². The summed E-state index contributed by atoms with van der Waals surface area (Å²) in [5, 5.41) is 2.78. The van der Waals surface area contributed by atoms with Crippen LogP contribution in [0, 0.1) is 5.92 Å². The molecule has 0 bridgehead atoms. The normalized spacial score (nSPS) is 16.7. The lowest BCUT2D eigenvalue weighted by Gasteiger charge is -2.14. The van der Waals surface area contributed by atoms with Crippen molar-refractivity contribution in [3.05, 3.63) is 65.6 Å². The van der Waals surface area contributed by atoms with Gasteiger partial charge in [0.25, 0.3) is 0 Å². The third kappa shape index (κ3) is 4.09. The number of carbonyl (C=O) groups is 2. The number of carbonyl (C=O) groups excluding carboxylic acids is 2. The molecule has 1 aliphatic rings. The number of ether oxygens (including phenoxy) is 1. The zero-order valence-corrected chi connectivity index (χ0v) is 15.4. The Balaban J connectivity index is 1.31. The molecule has 138 valence electrons. The van der Waals surface area contributed by atoms with Crippen molar-refractivity contribution in [3.8, 4) is 10.6 Å². The molecule has 3 aromatic rings. The maximum Gasteiger partial charge on any atom is 0.311 e. The van der Waals surface area contributed by atoms with Gasteiger partial charge in [0.2, 0.25) is 5.91 Å². The molecule has 0 unspecified atom stereocenters. The van der Waals surface area contributed by atoms with Crippen LogP contribution in [0.15, 0.2) is 58.5 Å². The van der Waals surface area contributed by atoms with E-state index in [9.17, 15) is 9.59 Å². The molecule has 1 atom stereocenters. The number of furan rings is 1. The molecule has 1 aliphatic heterocycles. The fraction of sp³-hybridized carbons (Fsp3) is 0.250. The van der Waals surface area contributed by atoms with Crippen molar-refractivity contribution in [3.63, 3.8) is 0 Å². The average molecular weight is 382 g/mol. The van der Waals surface area contributed by atoms with Crippen LogP contribution >= 0.6 is 11.3 Å². The highest BCUT2D eigenvalue weighted by molar-refractivity contribution is 7.13. The number of esters is 1. The van der Waals surface area contributed by atoms with Crippen LogP contribution in [0.1, 0.15) is 17.9 Å². The van der Waals surface area contributed by atoms with Gasteiger partial charge < -0.3 is 14.1 Å². The molecular formula is C20H18N2O4S. The lowest BCUT2D eigenvalue weighted by Crippen LogP contribution is -2.26. The first-order valence-corrected chi connectivity index (χ1v) is 9.53. The molecule has 0 aliphatic carbocycles. The van der Waals surface area contributed by atoms with Crippen molar-refractivity contribution in [2.45, 2.75) is 19.6 Å². The minimum absolute atomic E-state index is 0.0617. The zero-order valence-electron chi connectivity index (χ0n) is 14.5. The van der Waals surface area contributed by atoms with E-state index in [4.69, 9.17) is 9.15 Å². The monoisotopic (exact) mass is 382 g/mol. The van der Waals surface area contributed by atoms with Gasteiger partial charge in [-0.05, 0) is 12.1 Å². The Hall–Kier alpha value is -2.93. The summed E-state index contributed by atoms with van der Waals surface area (Å²) in [5.74, 6) is -0.166. The summed E-state index contributed by atoms with van der Waals surface area (Å²) < 4.78 is 10.7. The highest BCUT2D eigenvalue weighted by Gasteiger charge is 2.35. The number of amides is 1. The van der Waals surface area contributed by atoms with Crippen molar-refractivity contribution in [1.29, 1.82) is 0 Å². The Morgan fingerprint density at radius 2 is 2.11 bits per heavy atom. The number of hydrogen-bond donors (Lipinski definition) is 0. The van der Waals surface area contributed by atoms with Crippen LogP contribution < -0.4 is 0 Å². The van der Waals surface area contributed by atoms with Gasteiger partial charge in [-0.2, -0.15) is 0 Å². The summed E-state index contributed by atoms with van der Waals surface area (Å²) in [4.78, 5) is 30.6. The number of thiazole rings is 1. The second kappa shape index (κ2) is 7.75. The molecule has 6 nitrogen and oxygen atoms in total. The van der Waals surface area contributed by atoms with Crippen LogP contribution in [0.5, 0.6) is 0 Å². The van der Waals surface area contributed by atoms with E-state index in [-0.39, 0.29) is 24.9 Å². The van der Waals surface area contributed by atoms with Gasteiger partial charge in [0, 0.05) is 23.9 Å². The Bertz CT molecular complexity index is 921. The molecule has 0 saturated carbocycles. The summed E-state index contributed by atoms with van der Waals surface area (Å²) in [6.45, 7) is 0.845. The molecule has 2 aromatic heterocycles. The Labute approximate surface area is 160 Å². The second-order valence-electron chi connectivity index (χ2n) is 6.37. The van der Waals surface area contributed by atoms with Gasteiger partial charge in [-0.3, -0.25) is 9.59 Å². The molecule has 0 N–H and O–H groups in total. The molecule has 4 rings (SSSR count). The Kier molecular flexibility index (Phi) is 5.02. The fourth-order valence-corrected chi connectivity index (χ4v) is 3.83. The summed E-state index contributed by atoms with van der Waals surface area (Å²) in [7, 11) is 0. The van der Waals surface area contributed by atoms with Gasteiger partial charge in [0.1, 0.15) is 17.4 Å². The van der Waals surface area contributed by atoms with Crippen LogP contribution in [-0.2, 0) is 27.5 Å². The number of nitrogens with zero attached hydrogens (tertiary/aromatic N) is 2. The Morgan fingerprint density at radius 1 is 1.26 bits per heavy atom. The molecular weight excluding hydrogens is 364 g/mol. The van der Waals surface area contributed by atoms with Gasteiger partial charge >= 0.3 is 5.97 Å². The summed E-state index contributed by atoms with van der Waals surface area (Å²) in [5.41, 5.74) is 1.75. The van der Waals surface area contributed by atoms with E-state index in [0.717, 1.165) is 10.6 Å². The smallest absolute Gasteiger partial charge is 0.311 e. The van der Waals surface area contributed by atoms with Crippen molar-refractivity contribution >= 4 is 23.2 Å². The summed E-state index contributed by atoms with van der Waals surface area (Å²) in [6, 6.07) is 13.4. The van der Waals surface area contributed by atoms with Crippen LogP contribution in [0.4, 0.5) is 0 Å². The number of rotatable bonds is 6. The van der Waals surface area contributed by atoms with E-state index >= 15 is 0 Å². The Morgan fingerprint density at radius 3 is 2.89 bits per heavy atom. The van der Waals surface area contributed by atoms with Crippen molar-refractivity contribution in [1.82, 2.24) is 9.88 Å². The molecule has 1 fully saturated rings. The van der Waals surface area contributed by atoms with E-state index < -0.39 is 5.92 Å². The van der Waals surface area contributed by atoms with Gasteiger partial charge in [-0.25, -0.2) is 4.98 Å². The topological polar surface area (TPSA) is 72.6 Å². The minimum Gasteiger partial charge on any atom is -0.467 e. The molecule has 1 saturated heterocycles. The van der Waals surface area contributed by atoms with Crippen molar-refractivity contribution in [2.24, 2.45) is 5.92 Å². The standard InChI is InChI=1S/C20H18N2O4S/c23-18-9-15(10-22(18)11-17-7-4-8-25-17)20(24)26-12-16-13-27-19(21-16)14-5-2-1-3-6-14/h1-8,13,15H,9-12H2/t15-/m0/s1. The highest BCUT2D eigenvalue weighted by Crippen LogP contribution is 2.25. The largest absolute Gasteiger partial charge is 0.467 e. The van der Waals surface area contributed by atoms with E-state index in [1.807, 2.05) is 41.8 Å². The average Bonchev–Trinajstić information content (AvgIpc) is 3.43. The SMILES string of the molecule is O=C(OCc1csc(-c2ccccc2)n1)[C@H]1CC(=O)N(Cc2ccco2)C1. The quantitative estimate of drug-likeness (QED) is 0.610. The maximum absolute atomic E-state index is 12.3. The number of hydrogen-bond acceptors (Lipinski definition) is 6. The third-order valence-corrected chi connectivity index (χ3v) is 5.35. The van der Waals surface area contributed by atoms with E-state index in [2.05, 4.69) is 4.98 Å². The molecule has 1 aromatic carbocycles. The van der Waals surface area contributed by atoms with Crippen LogP contribution in [0.25, 0.3) is 10.6 Å². The minimum atomic E-state index is -0.445.